The monoisotopic (exact) mass is 240 g/mol. The Bertz CT molecular complexity index is 324. The van der Waals surface area contributed by atoms with Crippen LogP contribution in [0, 0.1) is 0 Å². The van der Waals surface area contributed by atoms with E-state index in [2.05, 4.69) is 20.2 Å². The lowest BCUT2D eigenvalue weighted by Gasteiger charge is -2.03. The zero-order valence-corrected chi connectivity index (χ0v) is 9.92. The Morgan fingerprint density at radius 3 is 3.12 bits per heavy atom. The second-order valence-electron chi connectivity index (χ2n) is 4.02. The Morgan fingerprint density at radius 1 is 1.56 bits per heavy atom. The van der Waals surface area contributed by atoms with Crippen molar-refractivity contribution in [2.24, 2.45) is 0 Å². The van der Waals surface area contributed by atoms with E-state index in [-0.39, 0.29) is 5.91 Å². The summed E-state index contributed by atoms with van der Waals surface area (Å²) in [5, 5.41) is 12.1. The molecule has 5 nitrogen and oxygen atoms in total. The number of nitrogens with one attached hydrogen (secondary N) is 2. The highest BCUT2D eigenvalue weighted by Crippen LogP contribution is 2.18. The van der Waals surface area contributed by atoms with Crippen molar-refractivity contribution in [1.82, 2.24) is 20.2 Å². The molecule has 0 bridgehead atoms. The van der Waals surface area contributed by atoms with Crippen molar-refractivity contribution < 1.29 is 4.79 Å². The highest BCUT2D eigenvalue weighted by atomic mass is 32.1. The van der Waals surface area contributed by atoms with Gasteiger partial charge in [0.05, 0.1) is 5.69 Å². The van der Waals surface area contributed by atoms with E-state index >= 15 is 0 Å². The van der Waals surface area contributed by atoms with Crippen LogP contribution in [0.15, 0.2) is 5.38 Å². The molecule has 1 aromatic heterocycles. The van der Waals surface area contributed by atoms with E-state index in [1.54, 1.807) is 0 Å². The Hall–Kier alpha value is -1.01. The first kappa shape index (κ1) is 11.5. The number of hydrogen-bond acceptors (Lipinski definition) is 5. The third-order valence-corrected chi connectivity index (χ3v) is 2.96. The van der Waals surface area contributed by atoms with Crippen LogP contribution in [0.4, 0.5) is 0 Å². The predicted octanol–water partition coefficient (Wildman–Crippen LogP) is 0.686. The van der Waals surface area contributed by atoms with Crippen molar-refractivity contribution in [2.75, 3.05) is 6.54 Å². The standard InChI is InChI=1S/C10H16N4OS/c15-10(12-8-3-4-8)2-1-5-11-6-9-7-16-14-13-9/h7-8,11H,1-6H2,(H,12,15). The van der Waals surface area contributed by atoms with Crippen LogP contribution < -0.4 is 10.6 Å². The number of amides is 1. The molecule has 1 aliphatic rings. The maximum absolute atomic E-state index is 11.3. The zero-order chi connectivity index (χ0) is 11.2. The van der Waals surface area contributed by atoms with E-state index in [1.807, 2.05) is 5.38 Å². The SMILES string of the molecule is O=C(CCCNCc1csnn1)NC1CC1. The average Bonchev–Trinajstić information content (AvgIpc) is 2.93. The Kier molecular flexibility index (Phi) is 4.24. The van der Waals surface area contributed by atoms with Gasteiger partial charge in [0.15, 0.2) is 0 Å². The summed E-state index contributed by atoms with van der Waals surface area (Å²) in [5.41, 5.74) is 0.965. The van der Waals surface area contributed by atoms with Crippen LogP contribution in [0.2, 0.25) is 0 Å². The molecule has 1 amide bonds. The lowest BCUT2D eigenvalue weighted by molar-refractivity contribution is -0.121. The van der Waals surface area contributed by atoms with Crippen LogP contribution in [-0.4, -0.2) is 28.1 Å². The van der Waals surface area contributed by atoms with Crippen molar-refractivity contribution in [1.29, 1.82) is 0 Å². The van der Waals surface area contributed by atoms with E-state index in [4.69, 9.17) is 0 Å². The summed E-state index contributed by atoms with van der Waals surface area (Å²) < 4.78 is 3.78. The van der Waals surface area contributed by atoms with Gasteiger partial charge in [-0.3, -0.25) is 4.79 Å². The van der Waals surface area contributed by atoms with E-state index in [1.165, 1.54) is 11.5 Å². The molecule has 0 saturated heterocycles. The maximum atomic E-state index is 11.3. The lowest BCUT2D eigenvalue weighted by Crippen LogP contribution is -2.26. The molecule has 0 aliphatic heterocycles. The van der Waals surface area contributed by atoms with Crippen molar-refractivity contribution in [3.8, 4) is 0 Å². The smallest absolute Gasteiger partial charge is 0.220 e. The molecule has 16 heavy (non-hydrogen) atoms. The van der Waals surface area contributed by atoms with Crippen molar-refractivity contribution in [3.05, 3.63) is 11.1 Å². The van der Waals surface area contributed by atoms with Gasteiger partial charge in [-0.25, -0.2) is 0 Å². The molecule has 1 aromatic rings. The molecule has 0 radical (unpaired) electrons. The minimum Gasteiger partial charge on any atom is -0.353 e. The number of rotatable bonds is 7. The molecule has 2 N–H and O–H groups in total. The summed E-state index contributed by atoms with van der Waals surface area (Å²) in [6, 6.07) is 0.474. The maximum Gasteiger partial charge on any atom is 0.220 e. The average molecular weight is 240 g/mol. The largest absolute Gasteiger partial charge is 0.353 e. The van der Waals surface area contributed by atoms with Crippen molar-refractivity contribution in [3.63, 3.8) is 0 Å². The van der Waals surface area contributed by atoms with Gasteiger partial charge in [0.1, 0.15) is 0 Å². The van der Waals surface area contributed by atoms with Crippen molar-refractivity contribution >= 4 is 17.4 Å². The predicted molar refractivity (Wildman–Crippen MR) is 62.0 cm³/mol. The van der Waals surface area contributed by atoms with E-state index < -0.39 is 0 Å². The fourth-order valence-corrected chi connectivity index (χ4v) is 1.83. The summed E-state index contributed by atoms with van der Waals surface area (Å²) in [4.78, 5) is 11.3. The van der Waals surface area contributed by atoms with Gasteiger partial charge in [-0.15, -0.1) is 5.10 Å². The molecule has 2 rings (SSSR count). The summed E-state index contributed by atoms with van der Waals surface area (Å²) in [6.07, 6.45) is 3.79. The fourth-order valence-electron chi connectivity index (χ4n) is 1.38. The van der Waals surface area contributed by atoms with Crippen LogP contribution in [0.25, 0.3) is 0 Å². The quantitative estimate of drug-likeness (QED) is 0.688. The van der Waals surface area contributed by atoms with Crippen LogP contribution in [0.5, 0.6) is 0 Å². The minimum atomic E-state index is 0.180. The Labute approximate surface area is 98.8 Å². The molecule has 0 spiro atoms. The number of carbonyl (C=O) groups is 1. The summed E-state index contributed by atoms with van der Waals surface area (Å²) >= 11 is 1.36. The molecule has 1 aliphatic carbocycles. The highest BCUT2D eigenvalue weighted by molar-refractivity contribution is 7.03. The van der Waals surface area contributed by atoms with E-state index in [0.29, 0.717) is 12.5 Å². The molecule has 1 heterocycles. The zero-order valence-electron chi connectivity index (χ0n) is 9.11. The molecule has 0 atom stereocenters. The first-order valence-corrected chi connectivity index (χ1v) is 6.44. The number of aromatic nitrogens is 2. The number of carbonyl (C=O) groups excluding carboxylic acids is 1. The fraction of sp³-hybridized carbons (Fsp3) is 0.700. The molecular weight excluding hydrogens is 224 g/mol. The third kappa shape index (κ3) is 4.24. The number of hydrogen-bond donors (Lipinski definition) is 2. The van der Waals surface area contributed by atoms with Crippen LogP contribution in [-0.2, 0) is 11.3 Å². The van der Waals surface area contributed by atoms with Gasteiger partial charge in [-0.1, -0.05) is 4.49 Å². The Morgan fingerprint density at radius 2 is 2.44 bits per heavy atom. The third-order valence-electron chi connectivity index (χ3n) is 2.41. The second-order valence-corrected chi connectivity index (χ2v) is 4.63. The van der Waals surface area contributed by atoms with Gasteiger partial charge in [0.2, 0.25) is 5.91 Å². The van der Waals surface area contributed by atoms with Gasteiger partial charge in [-0.2, -0.15) is 0 Å². The summed E-state index contributed by atoms with van der Waals surface area (Å²) in [5.74, 6) is 0.180. The Balaban J connectivity index is 1.46. The van der Waals surface area contributed by atoms with Crippen LogP contribution in [0.1, 0.15) is 31.4 Å². The van der Waals surface area contributed by atoms with E-state index in [9.17, 15) is 4.79 Å². The summed E-state index contributed by atoms with van der Waals surface area (Å²) in [6.45, 7) is 1.58. The molecule has 0 unspecified atom stereocenters. The minimum absolute atomic E-state index is 0.180. The van der Waals surface area contributed by atoms with E-state index in [0.717, 1.165) is 38.0 Å². The first-order chi connectivity index (χ1) is 7.84. The molecular formula is C10H16N4OS. The first-order valence-electron chi connectivity index (χ1n) is 5.60. The van der Waals surface area contributed by atoms with Gasteiger partial charge in [0, 0.05) is 24.4 Å². The summed E-state index contributed by atoms with van der Waals surface area (Å²) in [7, 11) is 0. The molecule has 6 heteroatoms. The lowest BCUT2D eigenvalue weighted by atomic mass is 10.3. The molecule has 1 fully saturated rings. The second kappa shape index (κ2) is 5.91. The van der Waals surface area contributed by atoms with Gasteiger partial charge < -0.3 is 10.6 Å². The van der Waals surface area contributed by atoms with Crippen LogP contribution >= 0.6 is 11.5 Å². The van der Waals surface area contributed by atoms with Gasteiger partial charge in [-0.05, 0) is 37.3 Å². The van der Waals surface area contributed by atoms with Crippen LogP contribution in [0.3, 0.4) is 0 Å². The highest BCUT2D eigenvalue weighted by Gasteiger charge is 2.22. The van der Waals surface area contributed by atoms with Gasteiger partial charge in [0.25, 0.3) is 0 Å². The topological polar surface area (TPSA) is 66.9 Å². The number of nitrogens with zero attached hydrogens (tertiary/aromatic N) is 2. The molecule has 88 valence electrons. The molecule has 1 saturated carbocycles. The molecule has 0 aromatic carbocycles. The van der Waals surface area contributed by atoms with Crippen molar-refractivity contribution in [2.45, 2.75) is 38.3 Å². The normalized spacial score (nSPS) is 15.0. The van der Waals surface area contributed by atoms with Gasteiger partial charge >= 0.3 is 0 Å².